The summed E-state index contributed by atoms with van der Waals surface area (Å²) in [5.74, 6) is -0.000791. The number of carbonyl (C=O) groups excluding carboxylic acids is 1. The van der Waals surface area contributed by atoms with E-state index in [1.165, 1.54) is 29.3 Å². The lowest BCUT2D eigenvalue weighted by Gasteiger charge is -2.20. The minimum atomic E-state index is -0.420. The maximum atomic E-state index is 12.7. The Morgan fingerprint density at radius 1 is 1.31 bits per heavy atom. The van der Waals surface area contributed by atoms with Crippen molar-refractivity contribution in [2.75, 3.05) is 6.54 Å². The lowest BCUT2D eigenvalue weighted by atomic mass is 10.2. The summed E-state index contributed by atoms with van der Waals surface area (Å²) in [6.07, 6.45) is 4.08. The van der Waals surface area contributed by atoms with Crippen LogP contribution in [0.2, 0.25) is 4.34 Å². The van der Waals surface area contributed by atoms with Gasteiger partial charge < -0.3 is 9.47 Å². The van der Waals surface area contributed by atoms with Crippen LogP contribution < -0.4 is 11.2 Å². The van der Waals surface area contributed by atoms with Gasteiger partial charge in [-0.05, 0) is 18.6 Å². The molecule has 0 saturated heterocycles. The summed E-state index contributed by atoms with van der Waals surface area (Å²) in [4.78, 5) is 44.1. The smallest absolute Gasteiger partial charge is 0.332 e. The van der Waals surface area contributed by atoms with Crippen molar-refractivity contribution in [2.24, 2.45) is 14.1 Å². The monoisotopic (exact) mass is 435 g/mol. The van der Waals surface area contributed by atoms with Gasteiger partial charge in [0.25, 0.3) is 5.56 Å². The standard InChI is InChI=1S/C19H22ClN5O3S/c1-4-9-24(11-13-7-8-14(20)29-13)15(26)6-5-10-25-12-21-17-16(25)18(27)23(3)19(28)22(17)2/h4,7-8,12H,1,5-6,9-11H2,2-3H3. The fraction of sp³-hybridized carbons (Fsp3) is 0.368. The first-order valence-corrected chi connectivity index (χ1v) is 10.3. The van der Waals surface area contributed by atoms with E-state index in [2.05, 4.69) is 11.6 Å². The Morgan fingerprint density at radius 2 is 2.07 bits per heavy atom. The first-order valence-electron chi connectivity index (χ1n) is 9.07. The Morgan fingerprint density at radius 3 is 2.72 bits per heavy atom. The van der Waals surface area contributed by atoms with E-state index in [0.717, 1.165) is 9.44 Å². The zero-order chi connectivity index (χ0) is 21.1. The van der Waals surface area contributed by atoms with Crippen LogP contribution in [0.3, 0.4) is 0 Å². The van der Waals surface area contributed by atoms with Crippen LogP contribution in [0.15, 0.2) is 40.7 Å². The summed E-state index contributed by atoms with van der Waals surface area (Å²) in [5, 5.41) is 0. The fourth-order valence-electron chi connectivity index (χ4n) is 3.16. The van der Waals surface area contributed by atoms with Crippen LogP contribution in [0, 0.1) is 0 Å². The van der Waals surface area contributed by atoms with Crippen molar-refractivity contribution in [3.05, 3.63) is 61.2 Å². The zero-order valence-corrected chi connectivity index (χ0v) is 17.9. The van der Waals surface area contributed by atoms with Crippen LogP contribution in [0.1, 0.15) is 17.7 Å². The Labute approximate surface area is 176 Å². The van der Waals surface area contributed by atoms with Crippen molar-refractivity contribution in [1.82, 2.24) is 23.6 Å². The van der Waals surface area contributed by atoms with Gasteiger partial charge in [0.15, 0.2) is 11.2 Å². The highest BCUT2D eigenvalue weighted by Crippen LogP contribution is 2.23. The molecule has 0 fully saturated rings. The van der Waals surface area contributed by atoms with Crippen LogP contribution in [0.25, 0.3) is 11.2 Å². The summed E-state index contributed by atoms with van der Waals surface area (Å²) < 4.78 is 4.79. The molecule has 0 bridgehead atoms. The molecule has 3 heterocycles. The number of nitrogens with zero attached hydrogens (tertiary/aromatic N) is 5. The molecule has 10 heteroatoms. The molecule has 29 heavy (non-hydrogen) atoms. The van der Waals surface area contributed by atoms with E-state index in [-0.39, 0.29) is 5.91 Å². The maximum absolute atomic E-state index is 12.7. The minimum absolute atomic E-state index is 0.000791. The van der Waals surface area contributed by atoms with Crippen molar-refractivity contribution in [3.8, 4) is 0 Å². The molecule has 0 saturated carbocycles. The summed E-state index contributed by atoms with van der Waals surface area (Å²) >= 11 is 7.42. The highest BCUT2D eigenvalue weighted by Gasteiger charge is 2.16. The average molecular weight is 436 g/mol. The molecular weight excluding hydrogens is 414 g/mol. The predicted molar refractivity (Wildman–Crippen MR) is 114 cm³/mol. The molecule has 0 aliphatic carbocycles. The number of fused-ring (bicyclic) bond motifs is 1. The molecule has 8 nitrogen and oxygen atoms in total. The molecule has 0 aliphatic rings. The van der Waals surface area contributed by atoms with Gasteiger partial charge in [-0.3, -0.25) is 18.7 Å². The van der Waals surface area contributed by atoms with E-state index >= 15 is 0 Å². The average Bonchev–Trinajstić information content (AvgIpc) is 3.30. The SMILES string of the molecule is C=CCN(Cc1ccc(Cl)s1)C(=O)CCCn1cnc2c1c(=O)n(C)c(=O)n2C. The highest BCUT2D eigenvalue weighted by atomic mass is 35.5. The molecule has 3 rings (SSSR count). The van der Waals surface area contributed by atoms with Crippen molar-refractivity contribution < 1.29 is 4.79 Å². The van der Waals surface area contributed by atoms with Crippen LogP contribution in [-0.2, 0) is 32.0 Å². The number of aryl methyl sites for hydroxylation is 2. The van der Waals surface area contributed by atoms with E-state index in [9.17, 15) is 14.4 Å². The van der Waals surface area contributed by atoms with Gasteiger partial charge >= 0.3 is 5.69 Å². The number of amides is 1. The Hall–Kier alpha value is -2.65. The molecule has 0 spiro atoms. The van der Waals surface area contributed by atoms with Crippen molar-refractivity contribution in [2.45, 2.75) is 25.9 Å². The number of carbonyl (C=O) groups is 1. The molecule has 0 aromatic carbocycles. The number of aromatic nitrogens is 4. The van der Waals surface area contributed by atoms with Gasteiger partial charge in [-0.25, -0.2) is 9.78 Å². The molecule has 3 aromatic heterocycles. The highest BCUT2D eigenvalue weighted by molar-refractivity contribution is 7.16. The van der Waals surface area contributed by atoms with Gasteiger partial charge in [0.1, 0.15) is 0 Å². The normalized spacial score (nSPS) is 11.1. The van der Waals surface area contributed by atoms with Gasteiger partial charge in [0.05, 0.1) is 17.2 Å². The first kappa shape index (κ1) is 21.1. The van der Waals surface area contributed by atoms with Crippen LogP contribution >= 0.6 is 22.9 Å². The number of hydrogen-bond acceptors (Lipinski definition) is 5. The van der Waals surface area contributed by atoms with Crippen LogP contribution in [0.4, 0.5) is 0 Å². The Kier molecular flexibility index (Phi) is 6.39. The quantitative estimate of drug-likeness (QED) is 0.507. The molecule has 3 aromatic rings. The molecule has 1 amide bonds. The summed E-state index contributed by atoms with van der Waals surface area (Å²) in [6.45, 7) is 5.11. The third kappa shape index (κ3) is 4.35. The number of rotatable bonds is 8. The minimum Gasteiger partial charge on any atom is -0.334 e. The zero-order valence-electron chi connectivity index (χ0n) is 16.3. The molecule has 0 radical (unpaired) electrons. The first-order chi connectivity index (χ1) is 13.8. The molecule has 0 aliphatic heterocycles. The second-order valence-electron chi connectivity index (χ2n) is 6.69. The Balaban J connectivity index is 1.70. The molecule has 154 valence electrons. The van der Waals surface area contributed by atoms with E-state index < -0.39 is 11.2 Å². The number of imidazole rings is 1. The van der Waals surface area contributed by atoms with Gasteiger partial charge in [-0.2, -0.15) is 0 Å². The van der Waals surface area contributed by atoms with Gasteiger partial charge in [0.2, 0.25) is 5.91 Å². The van der Waals surface area contributed by atoms with Crippen LogP contribution in [-0.4, -0.2) is 36.0 Å². The molecular formula is C19H22ClN5O3S. The van der Waals surface area contributed by atoms with Crippen molar-refractivity contribution >= 4 is 40.0 Å². The second-order valence-corrected chi connectivity index (χ2v) is 8.49. The third-order valence-electron chi connectivity index (χ3n) is 4.68. The molecule has 0 unspecified atom stereocenters. The Bertz CT molecular complexity index is 1170. The van der Waals surface area contributed by atoms with E-state index in [0.29, 0.717) is 48.0 Å². The van der Waals surface area contributed by atoms with Gasteiger partial charge in [0, 0.05) is 38.5 Å². The third-order valence-corrected chi connectivity index (χ3v) is 5.90. The topological polar surface area (TPSA) is 82.1 Å². The van der Waals surface area contributed by atoms with Crippen molar-refractivity contribution in [3.63, 3.8) is 0 Å². The van der Waals surface area contributed by atoms with Gasteiger partial charge in [-0.1, -0.05) is 17.7 Å². The summed E-state index contributed by atoms with van der Waals surface area (Å²) in [5.41, 5.74) is -0.114. The van der Waals surface area contributed by atoms with E-state index in [4.69, 9.17) is 11.6 Å². The summed E-state index contributed by atoms with van der Waals surface area (Å²) in [7, 11) is 3.02. The van der Waals surface area contributed by atoms with E-state index in [1.807, 2.05) is 12.1 Å². The fourth-order valence-corrected chi connectivity index (χ4v) is 4.26. The summed E-state index contributed by atoms with van der Waals surface area (Å²) in [6, 6.07) is 3.73. The number of halogens is 1. The van der Waals surface area contributed by atoms with Crippen molar-refractivity contribution in [1.29, 1.82) is 0 Å². The maximum Gasteiger partial charge on any atom is 0.332 e. The largest absolute Gasteiger partial charge is 0.334 e. The van der Waals surface area contributed by atoms with E-state index in [1.54, 1.807) is 22.6 Å². The lowest BCUT2D eigenvalue weighted by molar-refractivity contribution is -0.131. The molecule has 0 atom stereocenters. The number of hydrogen-bond donors (Lipinski definition) is 0. The predicted octanol–water partition coefficient (Wildman–Crippen LogP) is 2.14. The lowest BCUT2D eigenvalue weighted by Crippen LogP contribution is -2.37. The molecule has 0 N–H and O–H groups in total. The number of thiophene rings is 1. The second kappa shape index (κ2) is 8.79. The van der Waals surface area contributed by atoms with Gasteiger partial charge in [-0.15, -0.1) is 17.9 Å². The van der Waals surface area contributed by atoms with Crippen LogP contribution in [0.5, 0.6) is 0 Å².